The zero-order valence-electron chi connectivity index (χ0n) is 5.92. The molecular formula is C9H7NS. The van der Waals surface area contributed by atoms with Crippen molar-refractivity contribution >= 4 is 28.5 Å². The van der Waals surface area contributed by atoms with Gasteiger partial charge in [-0.1, -0.05) is 37.0 Å². The van der Waals surface area contributed by atoms with E-state index < -0.39 is 0 Å². The number of anilines is 1. The number of rotatable bonds is 0. The van der Waals surface area contributed by atoms with Gasteiger partial charge in [0.2, 0.25) is 0 Å². The van der Waals surface area contributed by atoms with Gasteiger partial charge in [-0.25, -0.2) is 0 Å². The van der Waals surface area contributed by atoms with Crippen LogP contribution in [0.15, 0.2) is 30.8 Å². The molecule has 11 heavy (non-hydrogen) atoms. The first-order valence-electron chi connectivity index (χ1n) is 3.39. The Morgan fingerprint density at radius 2 is 2.00 bits per heavy atom. The maximum absolute atomic E-state index is 5.04. The molecule has 2 rings (SSSR count). The van der Waals surface area contributed by atoms with Gasteiger partial charge in [0.05, 0.1) is 0 Å². The Labute approximate surface area is 70.7 Å². The Morgan fingerprint density at radius 3 is 2.73 bits per heavy atom. The van der Waals surface area contributed by atoms with Crippen molar-refractivity contribution in [2.75, 3.05) is 5.32 Å². The Balaban J connectivity index is 2.64. The van der Waals surface area contributed by atoms with Crippen LogP contribution < -0.4 is 5.32 Å². The van der Waals surface area contributed by atoms with Crippen LogP contribution >= 0.6 is 12.2 Å². The summed E-state index contributed by atoms with van der Waals surface area (Å²) in [7, 11) is 0. The van der Waals surface area contributed by atoms with E-state index in [0.717, 1.165) is 21.8 Å². The molecule has 0 spiro atoms. The number of hydrogen-bond acceptors (Lipinski definition) is 1. The van der Waals surface area contributed by atoms with Gasteiger partial charge in [-0.05, 0) is 6.07 Å². The van der Waals surface area contributed by atoms with Gasteiger partial charge in [0.15, 0.2) is 0 Å². The Hall–Kier alpha value is -1.15. The van der Waals surface area contributed by atoms with Gasteiger partial charge in [0.25, 0.3) is 0 Å². The predicted octanol–water partition coefficient (Wildman–Crippen LogP) is 2.45. The highest BCUT2D eigenvalue weighted by Gasteiger charge is 2.16. The lowest BCUT2D eigenvalue weighted by Crippen LogP contribution is -1.99. The molecule has 0 atom stereocenters. The molecule has 0 aromatic heterocycles. The maximum Gasteiger partial charge on any atom is 0.111 e. The van der Waals surface area contributed by atoms with Crippen molar-refractivity contribution in [1.29, 1.82) is 0 Å². The fraction of sp³-hybridized carbons (Fsp3) is 0. The molecule has 2 heteroatoms. The monoisotopic (exact) mass is 161 g/mol. The summed E-state index contributed by atoms with van der Waals surface area (Å²) in [4.78, 5) is 0.742. The molecule has 0 bridgehead atoms. The summed E-state index contributed by atoms with van der Waals surface area (Å²) in [5, 5.41) is 3.08. The van der Waals surface area contributed by atoms with Crippen molar-refractivity contribution in [3.8, 4) is 0 Å². The van der Waals surface area contributed by atoms with Crippen molar-refractivity contribution in [1.82, 2.24) is 0 Å². The first kappa shape index (κ1) is 6.55. The first-order valence-corrected chi connectivity index (χ1v) is 3.79. The van der Waals surface area contributed by atoms with Crippen molar-refractivity contribution in [2.24, 2.45) is 0 Å². The van der Waals surface area contributed by atoms with E-state index in [-0.39, 0.29) is 0 Å². The molecule has 1 aromatic carbocycles. The molecular weight excluding hydrogens is 154 g/mol. The SMILES string of the molecule is C=C1C(=S)Nc2ccccc21. The van der Waals surface area contributed by atoms with Crippen LogP contribution in [0, 0.1) is 0 Å². The minimum absolute atomic E-state index is 0.742. The van der Waals surface area contributed by atoms with Crippen LogP contribution in [-0.2, 0) is 0 Å². The summed E-state index contributed by atoms with van der Waals surface area (Å²) in [6.45, 7) is 3.87. The molecule has 0 fully saturated rings. The summed E-state index contributed by atoms with van der Waals surface area (Å²) < 4.78 is 0. The van der Waals surface area contributed by atoms with Gasteiger partial charge in [0.1, 0.15) is 4.99 Å². The highest BCUT2D eigenvalue weighted by molar-refractivity contribution is 7.81. The summed E-state index contributed by atoms with van der Waals surface area (Å²) >= 11 is 5.04. The third-order valence-electron chi connectivity index (χ3n) is 1.77. The summed E-state index contributed by atoms with van der Waals surface area (Å²) in [6.07, 6.45) is 0. The molecule has 0 saturated carbocycles. The molecule has 0 unspecified atom stereocenters. The largest absolute Gasteiger partial charge is 0.346 e. The number of hydrogen-bond donors (Lipinski definition) is 1. The number of benzene rings is 1. The highest BCUT2D eigenvalue weighted by atomic mass is 32.1. The van der Waals surface area contributed by atoms with E-state index in [2.05, 4.69) is 11.9 Å². The molecule has 0 saturated heterocycles. The van der Waals surface area contributed by atoms with Gasteiger partial charge in [-0.15, -0.1) is 0 Å². The van der Waals surface area contributed by atoms with E-state index in [1.807, 2.05) is 24.3 Å². The van der Waals surface area contributed by atoms with Gasteiger partial charge in [-0.3, -0.25) is 0 Å². The van der Waals surface area contributed by atoms with Crippen LogP contribution in [-0.4, -0.2) is 4.99 Å². The van der Waals surface area contributed by atoms with E-state index in [1.165, 1.54) is 0 Å². The normalized spacial score (nSPS) is 14.5. The molecule has 54 valence electrons. The van der Waals surface area contributed by atoms with Crippen molar-refractivity contribution in [3.63, 3.8) is 0 Å². The molecule has 1 aliphatic heterocycles. The Kier molecular flexibility index (Phi) is 1.29. The molecule has 1 aromatic rings. The van der Waals surface area contributed by atoms with E-state index in [4.69, 9.17) is 12.2 Å². The lowest BCUT2D eigenvalue weighted by molar-refractivity contribution is 1.66. The zero-order valence-corrected chi connectivity index (χ0v) is 6.74. The van der Waals surface area contributed by atoms with E-state index in [1.54, 1.807) is 0 Å². The highest BCUT2D eigenvalue weighted by Crippen LogP contribution is 2.30. The zero-order chi connectivity index (χ0) is 7.84. The van der Waals surface area contributed by atoms with Gasteiger partial charge >= 0.3 is 0 Å². The van der Waals surface area contributed by atoms with Crippen LogP contribution in [0.25, 0.3) is 5.57 Å². The topological polar surface area (TPSA) is 12.0 Å². The third-order valence-corrected chi connectivity index (χ3v) is 2.12. The molecule has 0 amide bonds. The van der Waals surface area contributed by atoms with Crippen LogP contribution in [0.3, 0.4) is 0 Å². The smallest absolute Gasteiger partial charge is 0.111 e. The van der Waals surface area contributed by atoms with E-state index in [0.29, 0.717) is 0 Å². The Morgan fingerprint density at radius 1 is 1.27 bits per heavy atom. The number of thiocarbonyl (C=S) groups is 1. The number of para-hydroxylation sites is 1. The summed E-state index contributed by atoms with van der Waals surface area (Å²) in [6, 6.07) is 7.98. The molecule has 1 aliphatic rings. The maximum atomic E-state index is 5.04. The first-order chi connectivity index (χ1) is 5.29. The van der Waals surface area contributed by atoms with Crippen molar-refractivity contribution < 1.29 is 0 Å². The minimum atomic E-state index is 0.742. The van der Waals surface area contributed by atoms with Gasteiger partial charge < -0.3 is 5.32 Å². The van der Waals surface area contributed by atoms with Crippen molar-refractivity contribution in [2.45, 2.75) is 0 Å². The lowest BCUT2D eigenvalue weighted by atomic mass is 10.1. The second kappa shape index (κ2) is 2.17. The van der Waals surface area contributed by atoms with E-state index in [9.17, 15) is 0 Å². The molecule has 1 heterocycles. The van der Waals surface area contributed by atoms with Crippen molar-refractivity contribution in [3.05, 3.63) is 36.4 Å². The Bertz CT molecular complexity index is 341. The second-order valence-electron chi connectivity index (χ2n) is 2.48. The molecule has 1 N–H and O–H groups in total. The number of fused-ring (bicyclic) bond motifs is 1. The minimum Gasteiger partial charge on any atom is -0.346 e. The molecule has 1 nitrogen and oxygen atoms in total. The fourth-order valence-corrected chi connectivity index (χ4v) is 1.40. The standard InChI is InChI=1S/C9H7NS/c1-6-7-4-2-3-5-8(7)10-9(6)11/h2-5H,1H2,(H,10,11). The quantitative estimate of drug-likeness (QED) is 0.463. The van der Waals surface area contributed by atoms with E-state index >= 15 is 0 Å². The van der Waals surface area contributed by atoms with Crippen LogP contribution in [0.4, 0.5) is 5.69 Å². The summed E-state index contributed by atoms with van der Waals surface area (Å²) in [5.74, 6) is 0. The van der Waals surface area contributed by atoms with Crippen LogP contribution in [0.1, 0.15) is 5.56 Å². The lowest BCUT2D eigenvalue weighted by Gasteiger charge is -1.93. The van der Waals surface area contributed by atoms with Crippen LogP contribution in [0.2, 0.25) is 0 Å². The predicted molar refractivity (Wildman–Crippen MR) is 51.7 cm³/mol. The average molecular weight is 161 g/mol. The summed E-state index contributed by atoms with van der Waals surface area (Å²) in [5.41, 5.74) is 3.12. The van der Waals surface area contributed by atoms with Gasteiger partial charge in [0, 0.05) is 16.8 Å². The number of nitrogens with one attached hydrogen (secondary N) is 1. The molecule has 0 aliphatic carbocycles. The second-order valence-corrected chi connectivity index (χ2v) is 2.89. The third kappa shape index (κ3) is 0.870. The average Bonchev–Trinajstić information content (AvgIpc) is 2.30. The van der Waals surface area contributed by atoms with Gasteiger partial charge in [-0.2, -0.15) is 0 Å². The fourth-order valence-electron chi connectivity index (χ4n) is 1.18. The molecule has 0 radical (unpaired) electrons. The van der Waals surface area contributed by atoms with Crippen LogP contribution in [0.5, 0.6) is 0 Å².